The van der Waals surface area contributed by atoms with Crippen molar-refractivity contribution in [3.05, 3.63) is 17.7 Å². The van der Waals surface area contributed by atoms with Gasteiger partial charge in [0.1, 0.15) is 23.5 Å². The Morgan fingerprint density at radius 3 is 2.38 bits per heavy atom. The van der Waals surface area contributed by atoms with Crippen LogP contribution in [0.1, 0.15) is 66.9 Å². The summed E-state index contributed by atoms with van der Waals surface area (Å²) in [5.74, 6) is 0.522. The molecule has 0 saturated carbocycles. The van der Waals surface area contributed by atoms with Crippen molar-refractivity contribution in [1.29, 1.82) is 0 Å². The zero-order valence-corrected chi connectivity index (χ0v) is 23.1. The minimum atomic E-state index is -0.629. The number of carbonyl (C=O) groups excluding carboxylic acids is 3. The van der Waals surface area contributed by atoms with Crippen molar-refractivity contribution in [2.45, 2.75) is 91.1 Å². The van der Waals surface area contributed by atoms with E-state index in [4.69, 9.17) is 14.2 Å². The van der Waals surface area contributed by atoms with E-state index in [1.54, 1.807) is 4.90 Å². The van der Waals surface area contributed by atoms with Crippen molar-refractivity contribution < 1.29 is 28.6 Å². The average molecular weight is 517 g/mol. The normalized spacial score (nSPS) is 21.9. The minimum Gasteiger partial charge on any atom is -0.493 e. The van der Waals surface area contributed by atoms with Crippen LogP contribution in [0.15, 0.2) is 12.1 Å². The molecule has 1 saturated heterocycles. The molecule has 3 aliphatic rings. The van der Waals surface area contributed by atoms with Crippen molar-refractivity contribution in [3.63, 3.8) is 0 Å². The maximum Gasteiger partial charge on any atom is 0.415 e. The van der Waals surface area contributed by atoms with Crippen LogP contribution in [0.2, 0.25) is 0 Å². The van der Waals surface area contributed by atoms with Gasteiger partial charge in [-0.1, -0.05) is 6.92 Å². The number of amides is 3. The highest BCUT2D eigenvalue weighted by Gasteiger charge is 2.39. The third-order valence-corrected chi connectivity index (χ3v) is 6.61. The number of rotatable bonds is 1. The Hall–Kier alpha value is -3.17. The lowest BCUT2D eigenvalue weighted by molar-refractivity contribution is -0.141. The van der Waals surface area contributed by atoms with E-state index in [-0.39, 0.29) is 30.6 Å². The molecule has 2 atom stereocenters. The van der Waals surface area contributed by atoms with E-state index >= 15 is 0 Å². The first-order valence-corrected chi connectivity index (χ1v) is 13.1. The van der Waals surface area contributed by atoms with Crippen molar-refractivity contribution in [3.8, 4) is 5.75 Å². The summed E-state index contributed by atoms with van der Waals surface area (Å²) < 4.78 is 17.4. The number of hydrogen-bond donors (Lipinski definition) is 1. The number of benzene rings is 1. The van der Waals surface area contributed by atoms with Gasteiger partial charge in [-0.3, -0.25) is 14.6 Å². The molecular weight excluding hydrogens is 476 g/mol. The summed E-state index contributed by atoms with van der Waals surface area (Å²) in [7, 11) is 0. The maximum absolute atomic E-state index is 13.2. The van der Waals surface area contributed by atoms with Gasteiger partial charge in [-0.2, -0.15) is 0 Å². The van der Waals surface area contributed by atoms with Crippen LogP contribution < -0.4 is 15.0 Å². The number of anilines is 2. The highest BCUT2D eigenvalue weighted by Crippen LogP contribution is 2.40. The Kier molecular flexibility index (Phi) is 7.23. The molecule has 0 aromatic heterocycles. The highest BCUT2D eigenvalue weighted by molar-refractivity contribution is 5.95. The zero-order chi connectivity index (χ0) is 27.1. The summed E-state index contributed by atoms with van der Waals surface area (Å²) in [6, 6.07) is 3.61. The molecule has 1 N–H and O–H groups in total. The van der Waals surface area contributed by atoms with Gasteiger partial charge in [0.05, 0.1) is 30.1 Å². The van der Waals surface area contributed by atoms with Crippen molar-refractivity contribution >= 4 is 29.5 Å². The number of carbonyl (C=O) groups is 3. The van der Waals surface area contributed by atoms with E-state index in [0.717, 1.165) is 17.7 Å². The molecule has 0 radical (unpaired) electrons. The van der Waals surface area contributed by atoms with Crippen molar-refractivity contribution in [2.75, 3.05) is 36.5 Å². The summed E-state index contributed by atoms with van der Waals surface area (Å²) >= 11 is 0. The van der Waals surface area contributed by atoms with Gasteiger partial charge in [-0.05, 0) is 54.0 Å². The standard InChI is InChI=1S/C27H40N4O6/c1-8-18-13-28-20-11-17-14-30-19(15-29(16-23(30)32)24(33)36-26(2,3)4)9-10-35-22(17)12-21(20)31(18)25(34)37-27(5,6)7/h11-12,18-19,28H,8-10,13-16H2,1-7H3/t18?,19-/m1/s1. The van der Waals surface area contributed by atoms with Crippen molar-refractivity contribution in [2.24, 2.45) is 0 Å². The van der Waals surface area contributed by atoms with Crippen LogP contribution in [0.25, 0.3) is 0 Å². The second-order valence-corrected chi connectivity index (χ2v) is 11.9. The number of nitrogens with zero attached hydrogens (tertiary/aromatic N) is 3. The average Bonchev–Trinajstić information content (AvgIpc) is 2.76. The third kappa shape index (κ3) is 6.05. The molecule has 0 bridgehead atoms. The molecule has 1 aromatic carbocycles. The van der Waals surface area contributed by atoms with E-state index in [9.17, 15) is 14.4 Å². The molecule has 10 heteroatoms. The fraction of sp³-hybridized carbons (Fsp3) is 0.667. The van der Waals surface area contributed by atoms with Crippen LogP contribution in [-0.2, 0) is 20.8 Å². The lowest BCUT2D eigenvalue weighted by atomic mass is 10.0. The molecule has 3 heterocycles. The fourth-order valence-electron chi connectivity index (χ4n) is 4.91. The second kappa shape index (κ2) is 9.95. The number of piperazine rings is 1. The molecule has 1 aromatic rings. The van der Waals surface area contributed by atoms with E-state index < -0.39 is 17.3 Å². The maximum atomic E-state index is 13.2. The summed E-state index contributed by atoms with van der Waals surface area (Å²) in [6.45, 7) is 14.8. The quantitative estimate of drug-likeness (QED) is 0.592. The van der Waals surface area contributed by atoms with Gasteiger partial charge in [0, 0.05) is 37.7 Å². The first-order valence-electron chi connectivity index (χ1n) is 13.1. The molecule has 4 rings (SSSR count). The molecular formula is C27H40N4O6. The Balaban J connectivity index is 1.59. The Morgan fingerprint density at radius 2 is 1.73 bits per heavy atom. The molecule has 0 aliphatic carbocycles. The van der Waals surface area contributed by atoms with Crippen LogP contribution in [-0.4, -0.2) is 77.4 Å². The lowest BCUT2D eigenvalue weighted by Gasteiger charge is -2.43. The van der Waals surface area contributed by atoms with E-state index in [1.165, 1.54) is 4.90 Å². The van der Waals surface area contributed by atoms with Gasteiger partial charge in [0.2, 0.25) is 5.91 Å². The monoisotopic (exact) mass is 516 g/mol. The molecule has 37 heavy (non-hydrogen) atoms. The van der Waals surface area contributed by atoms with Gasteiger partial charge >= 0.3 is 12.2 Å². The first kappa shape index (κ1) is 26.9. The molecule has 204 valence electrons. The first-order chi connectivity index (χ1) is 17.3. The summed E-state index contributed by atoms with van der Waals surface area (Å²) in [5, 5.41) is 3.45. The number of nitrogens with one attached hydrogen (secondary N) is 1. The minimum absolute atomic E-state index is 0.0185. The van der Waals surface area contributed by atoms with Crippen LogP contribution in [0.5, 0.6) is 5.75 Å². The summed E-state index contributed by atoms with van der Waals surface area (Å²) in [6.07, 6.45) is 0.478. The van der Waals surface area contributed by atoms with E-state index in [2.05, 4.69) is 5.32 Å². The molecule has 1 unspecified atom stereocenters. The Morgan fingerprint density at radius 1 is 1.05 bits per heavy atom. The molecule has 0 spiro atoms. The second-order valence-electron chi connectivity index (χ2n) is 11.9. The van der Waals surface area contributed by atoms with Gasteiger partial charge in [0.25, 0.3) is 0 Å². The number of fused-ring (bicyclic) bond motifs is 3. The van der Waals surface area contributed by atoms with Gasteiger partial charge in [-0.25, -0.2) is 9.59 Å². The van der Waals surface area contributed by atoms with Crippen LogP contribution >= 0.6 is 0 Å². The number of hydrogen-bond acceptors (Lipinski definition) is 7. The smallest absolute Gasteiger partial charge is 0.415 e. The molecule has 3 amide bonds. The Bertz CT molecular complexity index is 1060. The highest BCUT2D eigenvalue weighted by atomic mass is 16.6. The zero-order valence-electron chi connectivity index (χ0n) is 23.1. The molecule has 1 fully saturated rings. The van der Waals surface area contributed by atoms with Gasteiger partial charge < -0.3 is 24.4 Å². The molecule has 10 nitrogen and oxygen atoms in total. The number of ether oxygens (including phenoxy) is 3. The Labute approximate surface area is 219 Å². The predicted molar refractivity (Wildman–Crippen MR) is 140 cm³/mol. The van der Waals surface area contributed by atoms with Gasteiger partial charge in [0.15, 0.2) is 0 Å². The SMILES string of the molecule is CCC1CNc2cc3c(cc2N1C(=O)OC(C)(C)C)OCC[C@@H]1CN(C(=O)OC(C)(C)C)CC(=O)N1C3. The van der Waals surface area contributed by atoms with E-state index in [1.807, 2.05) is 65.5 Å². The summed E-state index contributed by atoms with van der Waals surface area (Å²) in [5.41, 5.74) is 1.13. The third-order valence-electron chi connectivity index (χ3n) is 6.61. The van der Waals surface area contributed by atoms with Crippen LogP contribution in [0, 0.1) is 0 Å². The largest absolute Gasteiger partial charge is 0.493 e. The fourth-order valence-corrected chi connectivity index (χ4v) is 4.91. The topological polar surface area (TPSA) is 101 Å². The van der Waals surface area contributed by atoms with Crippen LogP contribution in [0.4, 0.5) is 21.0 Å². The lowest BCUT2D eigenvalue weighted by Crippen LogP contribution is -2.58. The van der Waals surface area contributed by atoms with Gasteiger partial charge in [-0.15, -0.1) is 0 Å². The predicted octanol–water partition coefficient (Wildman–Crippen LogP) is 4.36. The van der Waals surface area contributed by atoms with Crippen molar-refractivity contribution in [1.82, 2.24) is 9.80 Å². The van der Waals surface area contributed by atoms with E-state index in [0.29, 0.717) is 44.1 Å². The van der Waals surface area contributed by atoms with Crippen LogP contribution in [0.3, 0.4) is 0 Å². The molecule has 3 aliphatic heterocycles. The summed E-state index contributed by atoms with van der Waals surface area (Å²) in [4.78, 5) is 44.0.